The van der Waals surface area contributed by atoms with Crippen LogP contribution in [0.1, 0.15) is 82.9 Å². The van der Waals surface area contributed by atoms with Crippen LogP contribution in [0.2, 0.25) is 0 Å². The molecule has 0 spiro atoms. The molecule has 0 amide bonds. The molecule has 1 aliphatic heterocycles. The fourth-order valence-corrected chi connectivity index (χ4v) is 9.46. The van der Waals surface area contributed by atoms with Crippen LogP contribution in [-0.2, 0) is 4.74 Å². The highest BCUT2D eigenvalue weighted by Gasteiger charge is 2.43. The third-order valence-electron chi connectivity index (χ3n) is 12.8. The van der Waals surface area contributed by atoms with Crippen molar-refractivity contribution in [2.45, 2.75) is 78.0 Å². The molecule has 1 N–H and O–H groups in total. The van der Waals surface area contributed by atoms with Crippen LogP contribution >= 0.6 is 0 Å². The van der Waals surface area contributed by atoms with Gasteiger partial charge in [0.05, 0.1) is 11.2 Å². The van der Waals surface area contributed by atoms with Gasteiger partial charge in [0.1, 0.15) is 5.76 Å². The summed E-state index contributed by atoms with van der Waals surface area (Å²) in [7, 11) is 0. The molecular formula is C50H52N2O. The normalized spacial score (nSPS) is 33.5. The second-order valence-electron chi connectivity index (χ2n) is 17.0. The van der Waals surface area contributed by atoms with Crippen molar-refractivity contribution in [3.8, 4) is 0 Å². The Balaban J connectivity index is 1.02. The first kappa shape index (κ1) is 33.8. The maximum Gasteiger partial charge on any atom is 0.196 e. The maximum atomic E-state index is 6.84. The van der Waals surface area contributed by atoms with Crippen molar-refractivity contribution in [1.82, 2.24) is 5.32 Å². The Labute approximate surface area is 316 Å². The molecule has 1 heterocycles. The van der Waals surface area contributed by atoms with Gasteiger partial charge in [-0.05, 0) is 84.9 Å². The van der Waals surface area contributed by atoms with E-state index < -0.39 is 0 Å². The van der Waals surface area contributed by atoms with Crippen LogP contribution in [0.3, 0.4) is 0 Å². The van der Waals surface area contributed by atoms with Crippen LogP contribution in [0, 0.1) is 22.7 Å². The minimum Gasteiger partial charge on any atom is -0.464 e. The van der Waals surface area contributed by atoms with Gasteiger partial charge < -0.3 is 15.0 Å². The summed E-state index contributed by atoms with van der Waals surface area (Å²) in [4.78, 5) is 2.56. The number of nitrogens with zero attached hydrogens (tertiary/aromatic N) is 1. The van der Waals surface area contributed by atoms with E-state index in [9.17, 15) is 0 Å². The molecule has 9 rings (SSSR count). The quantitative estimate of drug-likeness (QED) is 0.325. The third kappa shape index (κ3) is 5.89. The number of hydrogen-bond donors (Lipinski definition) is 1. The molecule has 0 bridgehead atoms. The number of allylic oxidation sites excluding steroid dienone is 14. The number of para-hydroxylation sites is 1. The predicted molar refractivity (Wildman–Crippen MR) is 222 cm³/mol. The van der Waals surface area contributed by atoms with Crippen molar-refractivity contribution < 1.29 is 4.74 Å². The zero-order valence-electron chi connectivity index (χ0n) is 31.8. The SMILES string of the molecule is CC1C=CC(C2NC3=CCC4(C)C=Cc5ccc(C6C=CC(N(c7ccccc7)C7(C)C=CC(C8(C)C=CC=CC8)=CC7)=CC6C)cc5C4=C3O2)=CC1. The molecular weight excluding hydrogens is 645 g/mol. The van der Waals surface area contributed by atoms with Crippen LogP contribution in [0.4, 0.5) is 5.69 Å². The molecule has 53 heavy (non-hydrogen) atoms. The molecule has 268 valence electrons. The minimum absolute atomic E-state index is 0.0511. The zero-order chi connectivity index (χ0) is 36.4. The number of rotatable bonds is 6. The van der Waals surface area contributed by atoms with Crippen molar-refractivity contribution in [2.75, 3.05) is 4.90 Å². The summed E-state index contributed by atoms with van der Waals surface area (Å²) in [5, 5.41) is 3.72. The number of benzene rings is 2. The van der Waals surface area contributed by atoms with E-state index in [-0.39, 0.29) is 28.5 Å². The Bertz CT molecular complexity index is 2180. The Kier molecular flexibility index (Phi) is 8.18. The van der Waals surface area contributed by atoms with Crippen molar-refractivity contribution in [2.24, 2.45) is 22.7 Å². The van der Waals surface area contributed by atoms with Gasteiger partial charge >= 0.3 is 0 Å². The molecule has 1 saturated heterocycles. The highest BCUT2D eigenvalue weighted by molar-refractivity contribution is 5.87. The van der Waals surface area contributed by atoms with Gasteiger partial charge in [-0.1, -0.05) is 155 Å². The second-order valence-corrected chi connectivity index (χ2v) is 17.0. The molecule has 7 unspecified atom stereocenters. The average Bonchev–Trinajstić information content (AvgIpc) is 3.60. The molecule has 0 saturated carbocycles. The maximum absolute atomic E-state index is 6.84. The smallest absolute Gasteiger partial charge is 0.196 e. The molecule has 1 fully saturated rings. The lowest BCUT2D eigenvalue weighted by Gasteiger charge is -2.45. The lowest BCUT2D eigenvalue weighted by atomic mass is 9.67. The number of ether oxygens (including phenoxy) is 1. The lowest BCUT2D eigenvalue weighted by molar-refractivity contribution is 0.179. The topological polar surface area (TPSA) is 24.5 Å². The summed E-state index contributed by atoms with van der Waals surface area (Å²) < 4.78 is 6.84. The fraction of sp³-hybridized carbons (Fsp3) is 0.320. The van der Waals surface area contributed by atoms with E-state index in [1.54, 1.807) is 0 Å². The Morgan fingerprint density at radius 1 is 0.792 bits per heavy atom. The number of fused-ring (bicyclic) bond motifs is 4. The van der Waals surface area contributed by atoms with E-state index in [4.69, 9.17) is 4.74 Å². The summed E-state index contributed by atoms with van der Waals surface area (Å²) in [6.07, 6.45) is 41.4. The van der Waals surface area contributed by atoms with Gasteiger partial charge in [0.2, 0.25) is 0 Å². The monoisotopic (exact) mass is 696 g/mol. The highest BCUT2D eigenvalue weighted by atomic mass is 16.5. The first-order chi connectivity index (χ1) is 25.6. The molecule has 3 heteroatoms. The Morgan fingerprint density at radius 2 is 1.66 bits per heavy atom. The van der Waals surface area contributed by atoms with E-state index in [0.717, 1.165) is 37.1 Å². The van der Waals surface area contributed by atoms with Crippen LogP contribution in [0.25, 0.3) is 11.6 Å². The predicted octanol–water partition coefficient (Wildman–Crippen LogP) is 12.0. The van der Waals surface area contributed by atoms with E-state index in [1.165, 1.54) is 44.8 Å². The van der Waals surface area contributed by atoms with Crippen LogP contribution < -0.4 is 10.2 Å². The van der Waals surface area contributed by atoms with Crippen molar-refractivity contribution in [3.05, 3.63) is 185 Å². The summed E-state index contributed by atoms with van der Waals surface area (Å²) >= 11 is 0. The lowest BCUT2D eigenvalue weighted by Crippen LogP contribution is -2.45. The molecule has 7 aliphatic rings. The number of anilines is 1. The van der Waals surface area contributed by atoms with Crippen LogP contribution in [-0.4, -0.2) is 11.8 Å². The first-order valence-corrected chi connectivity index (χ1v) is 19.7. The summed E-state index contributed by atoms with van der Waals surface area (Å²) in [5.41, 5.74) is 11.2. The molecule has 6 aliphatic carbocycles. The second kappa shape index (κ2) is 12.8. The van der Waals surface area contributed by atoms with Crippen molar-refractivity contribution >= 4 is 17.3 Å². The van der Waals surface area contributed by atoms with Gasteiger partial charge in [-0.2, -0.15) is 0 Å². The van der Waals surface area contributed by atoms with Crippen LogP contribution in [0.15, 0.2) is 168 Å². The largest absolute Gasteiger partial charge is 0.464 e. The molecule has 0 aromatic heterocycles. The molecule has 3 nitrogen and oxygen atoms in total. The van der Waals surface area contributed by atoms with Gasteiger partial charge in [0, 0.05) is 39.3 Å². The summed E-state index contributed by atoms with van der Waals surface area (Å²) in [5.74, 6) is 2.17. The summed E-state index contributed by atoms with van der Waals surface area (Å²) in [6.45, 7) is 11.8. The standard InChI is InChI=1S/C50H52N2O/c1-34-14-16-37(17-15-34)47-51-44-25-29-49(4)28-22-36-18-19-38(33-43(36)45(49)46(44)53-47)42-21-20-41(32-35(42)2)52(40-12-8-6-9-13-40)50(5)30-23-39(24-31-50)48(3)26-10-7-11-27-48/h6-14,16-26,28,30,32-35,42,47,51H,15,27,29,31H2,1-5H3. The zero-order valence-corrected chi connectivity index (χ0v) is 31.8. The van der Waals surface area contributed by atoms with E-state index in [2.05, 4.69) is 191 Å². The average molecular weight is 697 g/mol. The molecule has 2 aromatic carbocycles. The number of nitrogens with one attached hydrogen (secondary N) is 1. The van der Waals surface area contributed by atoms with Gasteiger partial charge in [-0.25, -0.2) is 0 Å². The first-order valence-electron chi connectivity index (χ1n) is 19.7. The van der Waals surface area contributed by atoms with Crippen LogP contribution in [0.5, 0.6) is 0 Å². The van der Waals surface area contributed by atoms with E-state index >= 15 is 0 Å². The van der Waals surface area contributed by atoms with E-state index in [1.807, 2.05) is 0 Å². The van der Waals surface area contributed by atoms with Crippen molar-refractivity contribution in [1.29, 1.82) is 0 Å². The Hall–Kier alpha value is -5.02. The minimum atomic E-state index is -0.199. The molecule has 7 atom stereocenters. The number of hydrogen-bond acceptors (Lipinski definition) is 3. The Morgan fingerprint density at radius 3 is 2.40 bits per heavy atom. The molecule has 2 aromatic rings. The van der Waals surface area contributed by atoms with Gasteiger partial charge in [0.15, 0.2) is 6.23 Å². The fourth-order valence-electron chi connectivity index (χ4n) is 9.46. The van der Waals surface area contributed by atoms with Crippen molar-refractivity contribution in [3.63, 3.8) is 0 Å². The van der Waals surface area contributed by atoms with Gasteiger partial charge in [-0.3, -0.25) is 0 Å². The van der Waals surface area contributed by atoms with Gasteiger partial charge in [-0.15, -0.1) is 0 Å². The highest BCUT2D eigenvalue weighted by Crippen LogP contribution is 2.53. The summed E-state index contributed by atoms with van der Waals surface area (Å²) in [6, 6.07) is 18.1. The molecule has 0 radical (unpaired) electrons. The third-order valence-corrected chi connectivity index (χ3v) is 12.8. The van der Waals surface area contributed by atoms with E-state index in [0.29, 0.717) is 11.8 Å². The van der Waals surface area contributed by atoms with Gasteiger partial charge in [0.25, 0.3) is 0 Å².